The van der Waals surface area contributed by atoms with E-state index in [1.807, 2.05) is 4.90 Å². The van der Waals surface area contributed by atoms with Crippen LogP contribution in [-0.4, -0.2) is 88.4 Å². The van der Waals surface area contributed by atoms with Crippen molar-refractivity contribution >= 4 is 28.5 Å². The van der Waals surface area contributed by atoms with E-state index in [9.17, 15) is 0 Å². The lowest BCUT2D eigenvalue weighted by atomic mass is 10.5. The lowest BCUT2D eigenvalue weighted by molar-refractivity contribution is -0.0154. The van der Waals surface area contributed by atoms with E-state index in [2.05, 4.69) is 0 Å². The summed E-state index contributed by atoms with van der Waals surface area (Å²) in [4.78, 5) is 1.98. The molecular weight excluding hydrogens is 328 g/mol. The van der Waals surface area contributed by atoms with Crippen molar-refractivity contribution in [2.45, 2.75) is 0 Å². The van der Waals surface area contributed by atoms with Crippen LogP contribution in [0.5, 0.6) is 0 Å². The molecule has 1 saturated heterocycles. The Kier molecular flexibility index (Phi) is 13.3. The van der Waals surface area contributed by atoms with E-state index < -0.39 is 0 Å². The van der Waals surface area contributed by atoms with E-state index in [-0.39, 0.29) is 0 Å². The molecular formula is C13H26N2O5S2+. The van der Waals surface area contributed by atoms with Gasteiger partial charge < -0.3 is 23.8 Å². The first kappa shape index (κ1) is 20.0. The average Bonchev–Trinajstić information content (AvgIpc) is 2.54. The minimum atomic E-state index is 0.552. The first-order valence-electron chi connectivity index (χ1n) is 7.39. The molecule has 2 N–H and O–H groups in total. The topological polar surface area (TPSA) is 77.5 Å². The van der Waals surface area contributed by atoms with Crippen molar-refractivity contribution in [3.05, 3.63) is 0 Å². The third-order valence-corrected chi connectivity index (χ3v) is 3.86. The van der Waals surface area contributed by atoms with E-state index in [1.54, 1.807) is 0 Å². The van der Waals surface area contributed by atoms with E-state index in [0.29, 0.717) is 83.5 Å². The summed E-state index contributed by atoms with van der Waals surface area (Å²) in [7, 11) is 0. The van der Waals surface area contributed by atoms with Crippen molar-refractivity contribution < 1.29 is 23.7 Å². The summed E-state index contributed by atoms with van der Waals surface area (Å²) < 4.78 is 27.9. The Balaban J connectivity index is 2.28. The van der Waals surface area contributed by atoms with Crippen molar-refractivity contribution in [3.8, 4) is 0 Å². The van der Waals surface area contributed by atoms with Crippen LogP contribution in [-0.2, 0) is 23.7 Å². The van der Waals surface area contributed by atoms with Crippen molar-refractivity contribution in [2.24, 2.45) is 5.14 Å². The molecule has 129 valence electrons. The van der Waals surface area contributed by atoms with Gasteiger partial charge in [0.15, 0.2) is 4.32 Å². The van der Waals surface area contributed by atoms with Crippen LogP contribution in [0.3, 0.4) is 0 Å². The summed E-state index contributed by atoms with van der Waals surface area (Å²) in [6.45, 7) is 6.99. The zero-order chi connectivity index (χ0) is 15.9. The summed E-state index contributed by atoms with van der Waals surface area (Å²) >= 11 is 6.30. The van der Waals surface area contributed by atoms with Crippen molar-refractivity contribution in [3.63, 3.8) is 0 Å². The SMILES string of the molecule is NSC(=S)N1CCOCCOCCOCCOCC[O+]CC1. The van der Waals surface area contributed by atoms with Crippen LogP contribution in [0.25, 0.3) is 0 Å². The fraction of sp³-hybridized carbons (Fsp3) is 0.923. The smallest absolute Gasteiger partial charge is 0.243 e. The first-order valence-corrected chi connectivity index (χ1v) is 8.67. The monoisotopic (exact) mass is 354 g/mol. The second-order valence-electron chi connectivity index (χ2n) is 4.43. The van der Waals surface area contributed by atoms with E-state index in [1.165, 1.54) is 0 Å². The molecule has 7 nitrogen and oxygen atoms in total. The van der Waals surface area contributed by atoms with Gasteiger partial charge in [-0.05, 0) is 11.9 Å². The maximum Gasteiger partial charge on any atom is 0.243 e. The fourth-order valence-corrected chi connectivity index (χ4v) is 2.21. The highest BCUT2D eigenvalue weighted by atomic mass is 32.2. The largest absolute Gasteiger partial charge is 0.377 e. The normalized spacial score (nSPS) is 21.8. The average molecular weight is 354 g/mol. The van der Waals surface area contributed by atoms with Gasteiger partial charge in [0.25, 0.3) is 0 Å². The van der Waals surface area contributed by atoms with Gasteiger partial charge in [-0.2, -0.15) is 0 Å². The molecule has 1 radical (unpaired) electrons. The minimum absolute atomic E-state index is 0.552. The standard InChI is InChI=1S/C13H26N2O5S2/c14-22-13(21)15-1-3-16-5-7-18-9-11-20-12-10-19-8-6-17-4-2-15/h1-12,14H2/q+1. The van der Waals surface area contributed by atoms with Crippen LogP contribution in [0, 0.1) is 0 Å². The van der Waals surface area contributed by atoms with Gasteiger partial charge in [0.05, 0.1) is 52.8 Å². The number of thiocarbonyl (C=S) groups is 1. The summed E-state index contributed by atoms with van der Waals surface area (Å²) in [6, 6.07) is 0. The molecule has 1 aliphatic heterocycles. The van der Waals surface area contributed by atoms with Gasteiger partial charge in [0, 0.05) is 6.54 Å². The number of rotatable bonds is 0. The molecule has 9 heteroatoms. The van der Waals surface area contributed by atoms with Crippen LogP contribution in [0.1, 0.15) is 0 Å². The van der Waals surface area contributed by atoms with E-state index in [4.69, 9.17) is 41.0 Å². The Hall–Kier alpha value is -0.0000000000000000139. The molecule has 22 heavy (non-hydrogen) atoms. The number of hydrogen-bond acceptors (Lipinski definition) is 8. The zero-order valence-corrected chi connectivity index (χ0v) is 14.5. The summed E-state index contributed by atoms with van der Waals surface area (Å²) in [6.07, 6.45) is 0. The lowest BCUT2D eigenvalue weighted by Crippen LogP contribution is -2.35. The van der Waals surface area contributed by atoms with Crippen LogP contribution < -0.4 is 5.14 Å². The van der Waals surface area contributed by atoms with E-state index >= 15 is 0 Å². The summed E-state index contributed by atoms with van der Waals surface area (Å²) in [5.74, 6) is 0. The molecule has 1 fully saturated rings. The Morgan fingerprint density at radius 2 is 1.36 bits per heavy atom. The second-order valence-corrected chi connectivity index (χ2v) is 5.70. The number of nitrogens with zero attached hydrogens (tertiary/aromatic N) is 1. The predicted octanol–water partition coefficient (Wildman–Crippen LogP) is 0.277. The molecule has 0 aromatic rings. The van der Waals surface area contributed by atoms with Crippen molar-refractivity contribution in [1.82, 2.24) is 4.90 Å². The van der Waals surface area contributed by atoms with Crippen LogP contribution in [0.2, 0.25) is 0 Å². The maximum atomic E-state index is 5.53. The highest BCUT2D eigenvalue weighted by Crippen LogP contribution is 2.02. The molecule has 1 rings (SSSR count). The molecule has 0 aromatic carbocycles. The molecule has 1 heterocycles. The quantitative estimate of drug-likeness (QED) is 0.375. The van der Waals surface area contributed by atoms with Gasteiger partial charge >= 0.3 is 0 Å². The highest BCUT2D eigenvalue weighted by molar-refractivity contribution is 8.21. The van der Waals surface area contributed by atoms with Gasteiger partial charge in [-0.25, -0.2) is 0 Å². The molecule has 0 saturated carbocycles. The Labute approximate surface area is 141 Å². The van der Waals surface area contributed by atoms with Gasteiger partial charge in [-0.1, -0.05) is 12.2 Å². The molecule has 0 aliphatic carbocycles. The molecule has 0 aromatic heterocycles. The highest BCUT2D eigenvalue weighted by Gasteiger charge is 2.12. The van der Waals surface area contributed by atoms with Crippen molar-refractivity contribution in [2.75, 3.05) is 79.2 Å². The Morgan fingerprint density at radius 3 is 1.95 bits per heavy atom. The maximum absolute atomic E-state index is 5.53. The Bertz CT molecular complexity index is 269. The van der Waals surface area contributed by atoms with Crippen LogP contribution in [0.4, 0.5) is 0 Å². The Morgan fingerprint density at radius 1 is 0.818 bits per heavy atom. The lowest BCUT2D eigenvalue weighted by Gasteiger charge is -2.21. The van der Waals surface area contributed by atoms with Gasteiger partial charge in [0.2, 0.25) is 13.2 Å². The van der Waals surface area contributed by atoms with Crippen molar-refractivity contribution in [1.29, 1.82) is 0 Å². The minimum Gasteiger partial charge on any atom is -0.377 e. The summed E-state index contributed by atoms with van der Waals surface area (Å²) in [5, 5.41) is 5.53. The first-order chi connectivity index (χ1) is 10.8. The second kappa shape index (κ2) is 14.6. The fourth-order valence-electron chi connectivity index (χ4n) is 1.70. The zero-order valence-electron chi connectivity index (χ0n) is 12.9. The molecule has 1 aliphatic rings. The molecule has 0 atom stereocenters. The van der Waals surface area contributed by atoms with Gasteiger partial charge in [0.1, 0.15) is 6.61 Å². The number of ether oxygens (including phenoxy) is 5. The number of nitrogens with two attached hydrogens (primary N) is 1. The molecule has 0 spiro atoms. The third kappa shape index (κ3) is 10.7. The third-order valence-electron chi connectivity index (χ3n) is 2.86. The predicted molar refractivity (Wildman–Crippen MR) is 90.0 cm³/mol. The molecule has 0 amide bonds. The summed E-state index contributed by atoms with van der Waals surface area (Å²) in [5.41, 5.74) is 0. The number of hydrogen-bond donors (Lipinski definition) is 1. The van der Waals surface area contributed by atoms with Crippen LogP contribution >= 0.6 is 24.2 Å². The molecule has 0 unspecified atom stereocenters. The molecule has 0 bridgehead atoms. The van der Waals surface area contributed by atoms with Crippen LogP contribution in [0.15, 0.2) is 0 Å². The van der Waals surface area contributed by atoms with Gasteiger partial charge in [-0.15, -0.1) is 4.74 Å². The van der Waals surface area contributed by atoms with Gasteiger partial charge in [-0.3, -0.25) is 5.14 Å². The van der Waals surface area contributed by atoms with E-state index in [0.717, 1.165) is 11.9 Å².